The number of rotatable bonds is 3. The fraction of sp³-hybridized carbons (Fsp3) is 0. The van der Waals surface area contributed by atoms with E-state index in [2.05, 4.69) is 10.2 Å². The number of fused-ring (bicyclic) bond motifs is 1. The highest BCUT2D eigenvalue weighted by molar-refractivity contribution is 7.86. The fourth-order valence-corrected chi connectivity index (χ4v) is 3.62. The number of halogens is 2. The zero-order chi connectivity index (χ0) is 17.3. The van der Waals surface area contributed by atoms with Gasteiger partial charge in [0.1, 0.15) is 16.3 Å². The fourth-order valence-electron chi connectivity index (χ4n) is 2.27. The van der Waals surface area contributed by atoms with Crippen LogP contribution >= 0.6 is 23.2 Å². The molecule has 0 atom stereocenters. The largest absolute Gasteiger partial charge is 0.298 e. The van der Waals surface area contributed by atoms with Gasteiger partial charge in [-0.05, 0) is 23.6 Å². The van der Waals surface area contributed by atoms with Crippen molar-refractivity contribution in [2.24, 2.45) is 10.2 Å². The van der Waals surface area contributed by atoms with Gasteiger partial charge in [-0.3, -0.25) is 4.55 Å². The molecule has 0 aromatic heterocycles. The maximum absolute atomic E-state index is 11.5. The lowest BCUT2D eigenvalue weighted by Gasteiger charge is -2.05. The Morgan fingerprint density at radius 1 is 0.833 bits per heavy atom. The van der Waals surface area contributed by atoms with Crippen molar-refractivity contribution in [3.8, 4) is 0 Å². The van der Waals surface area contributed by atoms with Crippen LogP contribution in [0.25, 0.3) is 10.8 Å². The van der Waals surface area contributed by atoms with Crippen LogP contribution in [0.2, 0.25) is 10.0 Å². The molecule has 0 saturated carbocycles. The van der Waals surface area contributed by atoms with Crippen LogP contribution in [0.15, 0.2) is 69.7 Å². The molecule has 0 aliphatic rings. The molecule has 122 valence electrons. The summed E-state index contributed by atoms with van der Waals surface area (Å²) in [6.45, 7) is 0. The molecular formula is C16H10Cl2N2O3S. The van der Waals surface area contributed by atoms with Gasteiger partial charge in [0, 0.05) is 5.39 Å². The number of azo groups is 1. The number of hydrogen-bond donors (Lipinski definition) is 1. The lowest BCUT2D eigenvalue weighted by Crippen LogP contribution is -1.99. The lowest BCUT2D eigenvalue weighted by atomic mass is 10.1. The molecule has 24 heavy (non-hydrogen) atoms. The van der Waals surface area contributed by atoms with Crippen LogP contribution in [0.4, 0.5) is 11.4 Å². The van der Waals surface area contributed by atoms with Crippen molar-refractivity contribution in [1.82, 2.24) is 0 Å². The van der Waals surface area contributed by atoms with Crippen LogP contribution in [0, 0.1) is 0 Å². The Labute approximate surface area is 148 Å². The maximum Gasteiger partial charge on any atom is 0.298 e. The number of hydrogen-bond acceptors (Lipinski definition) is 4. The van der Waals surface area contributed by atoms with Gasteiger partial charge in [0.2, 0.25) is 0 Å². The molecular weight excluding hydrogens is 371 g/mol. The van der Waals surface area contributed by atoms with E-state index in [1.54, 1.807) is 6.07 Å². The summed E-state index contributed by atoms with van der Waals surface area (Å²) < 4.78 is 32.4. The molecule has 3 aromatic rings. The zero-order valence-corrected chi connectivity index (χ0v) is 14.3. The maximum atomic E-state index is 11.5. The molecule has 8 heteroatoms. The smallest absolute Gasteiger partial charge is 0.282 e. The summed E-state index contributed by atoms with van der Waals surface area (Å²) in [6.07, 6.45) is 0. The van der Waals surface area contributed by atoms with Gasteiger partial charge in [0.05, 0.1) is 10.0 Å². The summed E-state index contributed by atoms with van der Waals surface area (Å²) >= 11 is 12.0. The van der Waals surface area contributed by atoms with Crippen molar-refractivity contribution >= 4 is 55.5 Å². The van der Waals surface area contributed by atoms with Crippen LogP contribution in [-0.2, 0) is 10.1 Å². The molecule has 0 saturated heterocycles. The van der Waals surface area contributed by atoms with Gasteiger partial charge in [0.15, 0.2) is 0 Å². The summed E-state index contributed by atoms with van der Waals surface area (Å²) in [6, 6.07) is 15.2. The molecule has 0 fully saturated rings. The number of nitrogens with zero attached hydrogens (tertiary/aromatic N) is 2. The number of benzene rings is 3. The van der Waals surface area contributed by atoms with Crippen molar-refractivity contribution in [2.45, 2.75) is 4.90 Å². The Bertz CT molecular complexity index is 1070. The Kier molecular flexibility index (Phi) is 4.56. The molecule has 0 amide bonds. The van der Waals surface area contributed by atoms with Crippen molar-refractivity contribution in [3.05, 3.63) is 64.6 Å². The van der Waals surface area contributed by atoms with E-state index in [1.807, 2.05) is 30.3 Å². The Hall–Kier alpha value is -1.99. The first-order valence-corrected chi connectivity index (χ1v) is 8.92. The molecule has 0 heterocycles. The average molecular weight is 381 g/mol. The second kappa shape index (κ2) is 6.49. The van der Waals surface area contributed by atoms with E-state index in [9.17, 15) is 13.0 Å². The minimum Gasteiger partial charge on any atom is -0.282 e. The summed E-state index contributed by atoms with van der Waals surface area (Å²) in [5, 5.41) is 9.92. The molecule has 3 aromatic carbocycles. The minimum absolute atomic E-state index is 0.0750. The zero-order valence-electron chi connectivity index (χ0n) is 12.0. The van der Waals surface area contributed by atoms with Crippen LogP contribution in [0.3, 0.4) is 0 Å². The lowest BCUT2D eigenvalue weighted by molar-refractivity contribution is 0.483. The van der Waals surface area contributed by atoms with E-state index in [1.165, 1.54) is 18.2 Å². The standard InChI is InChI=1S/C16H10Cl2N2O3S/c17-12-9-8-10-4-1-2-5-11(10)15(12)20-19-14-7-3-6-13(18)16(14)24(21,22)23/h1-9H,(H,21,22,23). The van der Waals surface area contributed by atoms with Crippen molar-refractivity contribution in [3.63, 3.8) is 0 Å². The third-order valence-electron chi connectivity index (χ3n) is 3.31. The van der Waals surface area contributed by atoms with Crippen LogP contribution in [-0.4, -0.2) is 13.0 Å². The third-order valence-corrected chi connectivity index (χ3v) is 4.99. The van der Waals surface area contributed by atoms with Gasteiger partial charge in [-0.25, -0.2) is 0 Å². The van der Waals surface area contributed by atoms with Crippen LogP contribution in [0.1, 0.15) is 0 Å². The highest BCUT2D eigenvalue weighted by Gasteiger charge is 2.19. The monoisotopic (exact) mass is 380 g/mol. The van der Waals surface area contributed by atoms with Gasteiger partial charge in [-0.1, -0.05) is 59.6 Å². The van der Waals surface area contributed by atoms with Gasteiger partial charge in [0.25, 0.3) is 10.1 Å². The first-order valence-electron chi connectivity index (χ1n) is 6.73. The molecule has 3 rings (SSSR count). The summed E-state index contributed by atoms with van der Waals surface area (Å²) in [5.41, 5.74) is 0.324. The molecule has 0 unspecified atom stereocenters. The second-order valence-electron chi connectivity index (χ2n) is 4.88. The van der Waals surface area contributed by atoms with E-state index in [-0.39, 0.29) is 10.7 Å². The molecule has 1 N–H and O–H groups in total. The van der Waals surface area contributed by atoms with Gasteiger partial charge in [-0.2, -0.15) is 8.42 Å². The van der Waals surface area contributed by atoms with E-state index in [4.69, 9.17) is 23.2 Å². The van der Waals surface area contributed by atoms with Crippen LogP contribution in [0.5, 0.6) is 0 Å². The van der Waals surface area contributed by atoms with Crippen molar-refractivity contribution in [1.29, 1.82) is 0 Å². The quantitative estimate of drug-likeness (QED) is 0.459. The van der Waals surface area contributed by atoms with E-state index >= 15 is 0 Å². The molecule has 0 aliphatic heterocycles. The second-order valence-corrected chi connectivity index (χ2v) is 7.05. The van der Waals surface area contributed by atoms with E-state index in [0.717, 1.165) is 10.8 Å². The molecule has 0 bridgehead atoms. The summed E-state index contributed by atoms with van der Waals surface area (Å²) in [5.74, 6) is 0. The van der Waals surface area contributed by atoms with Crippen LogP contribution < -0.4 is 0 Å². The van der Waals surface area contributed by atoms with E-state index < -0.39 is 15.0 Å². The Morgan fingerprint density at radius 2 is 1.58 bits per heavy atom. The SMILES string of the molecule is O=S(=O)(O)c1c(Cl)cccc1N=Nc1c(Cl)ccc2ccccc12. The molecule has 0 spiro atoms. The average Bonchev–Trinajstić information content (AvgIpc) is 2.52. The van der Waals surface area contributed by atoms with Gasteiger partial charge < -0.3 is 0 Å². The molecule has 0 aliphatic carbocycles. The molecule has 5 nitrogen and oxygen atoms in total. The van der Waals surface area contributed by atoms with E-state index in [0.29, 0.717) is 10.7 Å². The predicted octanol–water partition coefficient (Wildman–Crippen LogP) is 5.81. The summed E-state index contributed by atoms with van der Waals surface area (Å²) in [7, 11) is -4.54. The summed E-state index contributed by atoms with van der Waals surface area (Å²) in [4.78, 5) is -0.494. The first-order chi connectivity index (χ1) is 11.4. The highest BCUT2D eigenvalue weighted by Crippen LogP contribution is 2.37. The topological polar surface area (TPSA) is 79.1 Å². The van der Waals surface area contributed by atoms with Crippen molar-refractivity contribution < 1.29 is 13.0 Å². The molecule has 0 radical (unpaired) electrons. The minimum atomic E-state index is -4.54. The predicted molar refractivity (Wildman–Crippen MR) is 94.4 cm³/mol. The normalized spacial score (nSPS) is 12.1. The third kappa shape index (κ3) is 3.27. The highest BCUT2D eigenvalue weighted by atomic mass is 35.5. The van der Waals surface area contributed by atoms with Gasteiger partial charge >= 0.3 is 0 Å². The van der Waals surface area contributed by atoms with Gasteiger partial charge in [-0.15, -0.1) is 10.2 Å². The Balaban J connectivity index is 2.18. The Morgan fingerprint density at radius 3 is 2.33 bits per heavy atom. The first kappa shape index (κ1) is 16.9. The van der Waals surface area contributed by atoms with Crippen molar-refractivity contribution in [2.75, 3.05) is 0 Å².